The Balaban J connectivity index is 1.97. The van der Waals surface area contributed by atoms with Crippen molar-refractivity contribution in [3.05, 3.63) is 18.5 Å². The molecule has 18 heavy (non-hydrogen) atoms. The molecule has 1 aliphatic carbocycles. The molecule has 2 N–H and O–H groups in total. The molecule has 0 aromatic carbocycles. The van der Waals surface area contributed by atoms with Gasteiger partial charge in [-0.1, -0.05) is 13.3 Å². The number of rotatable bonds is 6. The largest absolute Gasteiger partial charge is 0.384 e. The summed E-state index contributed by atoms with van der Waals surface area (Å²) in [4.78, 5) is 4.28. The van der Waals surface area contributed by atoms with E-state index in [1.807, 2.05) is 12.4 Å². The fourth-order valence-corrected chi connectivity index (χ4v) is 3.74. The van der Waals surface area contributed by atoms with Gasteiger partial charge in [0.05, 0.1) is 23.8 Å². The maximum Gasteiger partial charge on any atom is 0.0549 e. The van der Waals surface area contributed by atoms with Gasteiger partial charge in [-0.25, -0.2) is 0 Å². The number of aromatic nitrogens is 1. The summed E-state index contributed by atoms with van der Waals surface area (Å²) in [7, 11) is 0. The van der Waals surface area contributed by atoms with E-state index in [4.69, 9.17) is 0 Å². The van der Waals surface area contributed by atoms with E-state index in [1.165, 1.54) is 25.0 Å². The molecule has 3 nitrogen and oxygen atoms in total. The summed E-state index contributed by atoms with van der Waals surface area (Å²) in [6, 6.07) is 2.76. The van der Waals surface area contributed by atoms with Crippen LogP contribution in [0.25, 0.3) is 0 Å². The van der Waals surface area contributed by atoms with Gasteiger partial charge in [-0.3, -0.25) is 4.98 Å². The van der Waals surface area contributed by atoms with Crippen LogP contribution in [0.3, 0.4) is 0 Å². The fraction of sp³-hybridized carbons (Fsp3) is 0.643. The molecule has 0 spiro atoms. The Hall–Kier alpha value is -0.900. The number of nitrogens with zero attached hydrogens (tertiary/aromatic N) is 1. The molecule has 0 aliphatic heterocycles. The van der Waals surface area contributed by atoms with Crippen molar-refractivity contribution >= 4 is 23.1 Å². The summed E-state index contributed by atoms with van der Waals surface area (Å²) in [6.07, 6.45) is 7.77. The zero-order chi connectivity index (χ0) is 12.8. The van der Waals surface area contributed by atoms with Gasteiger partial charge in [0.2, 0.25) is 0 Å². The molecular formula is C14H23N3S. The molecule has 1 heterocycles. The predicted octanol–water partition coefficient (Wildman–Crippen LogP) is 3.60. The highest BCUT2D eigenvalue weighted by atomic mass is 32.2. The number of pyridine rings is 1. The van der Waals surface area contributed by atoms with Crippen LogP contribution < -0.4 is 10.6 Å². The lowest BCUT2D eigenvalue weighted by Crippen LogP contribution is -2.26. The minimum atomic E-state index is 0.605. The highest BCUT2D eigenvalue weighted by Gasteiger charge is 2.26. The number of hydrogen-bond donors (Lipinski definition) is 2. The maximum atomic E-state index is 4.28. The minimum Gasteiger partial charge on any atom is -0.384 e. The summed E-state index contributed by atoms with van der Waals surface area (Å²) in [5, 5.41) is 7.71. The van der Waals surface area contributed by atoms with Crippen LogP contribution in [0.1, 0.15) is 33.1 Å². The molecule has 0 bridgehead atoms. The van der Waals surface area contributed by atoms with E-state index in [0.717, 1.165) is 23.2 Å². The normalized spacial score (nSPS) is 23.0. The monoisotopic (exact) mass is 265 g/mol. The van der Waals surface area contributed by atoms with E-state index in [0.29, 0.717) is 6.04 Å². The molecule has 100 valence electrons. The molecule has 0 radical (unpaired) electrons. The molecule has 1 aliphatic rings. The zero-order valence-electron chi connectivity index (χ0n) is 11.3. The standard InChI is InChI=1S/C14H23N3S/c1-3-16-11-8-12(10-15-9-11)17-13-6-5-7-14(13)18-4-2/h8-10,13-14,16-17H,3-7H2,1-2H3. The summed E-state index contributed by atoms with van der Waals surface area (Å²) in [6.45, 7) is 5.28. The summed E-state index contributed by atoms with van der Waals surface area (Å²) in [5.41, 5.74) is 2.24. The average molecular weight is 265 g/mol. The van der Waals surface area contributed by atoms with E-state index < -0.39 is 0 Å². The van der Waals surface area contributed by atoms with Gasteiger partial charge in [0.1, 0.15) is 0 Å². The van der Waals surface area contributed by atoms with Crippen LogP contribution in [0.5, 0.6) is 0 Å². The third kappa shape index (κ3) is 3.55. The lowest BCUT2D eigenvalue weighted by molar-refractivity contribution is 0.767. The Labute approximate surface area is 114 Å². The summed E-state index contributed by atoms with van der Waals surface area (Å²) >= 11 is 2.08. The zero-order valence-corrected chi connectivity index (χ0v) is 12.1. The topological polar surface area (TPSA) is 37.0 Å². The molecule has 2 rings (SSSR count). The lowest BCUT2D eigenvalue weighted by Gasteiger charge is -2.21. The number of anilines is 2. The quantitative estimate of drug-likeness (QED) is 0.824. The highest BCUT2D eigenvalue weighted by Crippen LogP contribution is 2.32. The number of thioether (sulfide) groups is 1. The van der Waals surface area contributed by atoms with E-state index >= 15 is 0 Å². The van der Waals surface area contributed by atoms with Crippen molar-refractivity contribution in [2.24, 2.45) is 0 Å². The molecule has 1 aromatic heterocycles. The van der Waals surface area contributed by atoms with Crippen LogP contribution in [-0.2, 0) is 0 Å². The SMILES string of the molecule is CCNc1cncc(NC2CCCC2SCC)c1. The van der Waals surface area contributed by atoms with Crippen molar-refractivity contribution in [1.29, 1.82) is 0 Å². The van der Waals surface area contributed by atoms with Crippen LogP contribution >= 0.6 is 11.8 Å². The third-order valence-corrected chi connectivity index (χ3v) is 4.63. The van der Waals surface area contributed by atoms with Gasteiger partial charge in [0.25, 0.3) is 0 Å². The van der Waals surface area contributed by atoms with Crippen LogP contribution in [0, 0.1) is 0 Å². The molecule has 1 fully saturated rings. The van der Waals surface area contributed by atoms with Crippen molar-refractivity contribution in [3.63, 3.8) is 0 Å². The number of nitrogens with one attached hydrogen (secondary N) is 2. The molecule has 4 heteroatoms. The molecule has 2 unspecified atom stereocenters. The Bertz CT molecular complexity index is 370. The Kier molecular flexibility index (Phi) is 5.17. The smallest absolute Gasteiger partial charge is 0.0549 e. The molecule has 0 amide bonds. The maximum absolute atomic E-state index is 4.28. The van der Waals surface area contributed by atoms with E-state index in [-0.39, 0.29) is 0 Å². The van der Waals surface area contributed by atoms with Crippen molar-refractivity contribution in [2.75, 3.05) is 22.9 Å². The Morgan fingerprint density at radius 2 is 2.11 bits per heavy atom. The molecule has 1 saturated carbocycles. The molecular weight excluding hydrogens is 242 g/mol. The second kappa shape index (κ2) is 6.88. The van der Waals surface area contributed by atoms with Crippen molar-refractivity contribution < 1.29 is 0 Å². The van der Waals surface area contributed by atoms with Crippen LogP contribution in [-0.4, -0.2) is 28.6 Å². The highest BCUT2D eigenvalue weighted by molar-refractivity contribution is 7.99. The first-order valence-corrected chi connectivity index (χ1v) is 7.95. The van der Waals surface area contributed by atoms with E-state index in [2.05, 4.69) is 47.3 Å². The van der Waals surface area contributed by atoms with Gasteiger partial charge >= 0.3 is 0 Å². The van der Waals surface area contributed by atoms with Gasteiger partial charge in [-0.2, -0.15) is 11.8 Å². The summed E-state index contributed by atoms with van der Waals surface area (Å²) < 4.78 is 0. The number of hydrogen-bond acceptors (Lipinski definition) is 4. The van der Waals surface area contributed by atoms with Crippen LogP contribution in [0.2, 0.25) is 0 Å². The van der Waals surface area contributed by atoms with Gasteiger partial charge in [0.15, 0.2) is 0 Å². The third-order valence-electron chi connectivity index (χ3n) is 3.30. The fourth-order valence-electron chi connectivity index (χ4n) is 2.54. The predicted molar refractivity (Wildman–Crippen MR) is 81.6 cm³/mol. The van der Waals surface area contributed by atoms with E-state index in [1.54, 1.807) is 0 Å². The first-order valence-electron chi connectivity index (χ1n) is 6.90. The van der Waals surface area contributed by atoms with Crippen LogP contribution in [0.4, 0.5) is 11.4 Å². The second-order valence-corrected chi connectivity index (χ2v) is 6.18. The Morgan fingerprint density at radius 1 is 1.28 bits per heavy atom. The van der Waals surface area contributed by atoms with Crippen molar-refractivity contribution in [3.8, 4) is 0 Å². The second-order valence-electron chi connectivity index (χ2n) is 4.67. The molecule has 0 saturated heterocycles. The first-order chi connectivity index (χ1) is 8.83. The van der Waals surface area contributed by atoms with E-state index in [9.17, 15) is 0 Å². The van der Waals surface area contributed by atoms with Crippen molar-refractivity contribution in [1.82, 2.24) is 4.98 Å². The van der Waals surface area contributed by atoms with Gasteiger partial charge < -0.3 is 10.6 Å². The molecule has 1 aromatic rings. The van der Waals surface area contributed by atoms with Crippen molar-refractivity contribution in [2.45, 2.75) is 44.4 Å². The lowest BCUT2D eigenvalue weighted by atomic mass is 10.2. The van der Waals surface area contributed by atoms with Gasteiger partial charge in [-0.05, 0) is 31.6 Å². The first kappa shape index (κ1) is 13.5. The van der Waals surface area contributed by atoms with Gasteiger partial charge in [-0.15, -0.1) is 0 Å². The Morgan fingerprint density at radius 3 is 2.89 bits per heavy atom. The van der Waals surface area contributed by atoms with Gasteiger partial charge in [0, 0.05) is 17.8 Å². The average Bonchev–Trinajstić information content (AvgIpc) is 2.78. The minimum absolute atomic E-state index is 0.605. The molecule has 2 atom stereocenters. The van der Waals surface area contributed by atoms with Crippen LogP contribution in [0.15, 0.2) is 18.5 Å². The summed E-state index contributed by atoms with van der Waals surface area (Å²) in [5.74, 6) is 1.21.